The summed E-state index contributed by atoms with van der Waals surface area (Å²) in [5, 5.41) is 13.6. The summed E-state index contributed by atoms with van der Waals surface area (Å²) < 4.78 is 0. The molecule has 0 radical (unpaired) electrons. The Hall–Kier alpha value is -1.06. The highest BCUT2D eigenvalue weighted by Crippen LogP contribution is 2.34. The Morgan fingerprint density at radius 3 is 2.71 bits per heavy atom. The maximum absolute atomic E-state index is 11.4. The lowest BCUT2D eigenvalue weighted by Crippen LogP contribution is -2.03. The number of rotatable bonds is 8. The van der Waals surface area contributed by atoms with E-state index in [9.17, 15) is 9.90 Å². The van der Waals surface area contributed by atoms with Crippen molar-refractivity contribution in [3.63, 3.8) is 0 Å². The van der Waals surface area contributed by atoms with Crippen LogP contribution in [0.5, 0.6) is 0 Å². The molecule has 1 aromatic rings. The average Bonchev–Trinajstić information content (AvgIpc) is 2.80. The van der Waals surface area contributed by atoms with E-state index in [1.807, 2.05) is 6.07 Å². The lowest BCUT2D eigenvalue weighted by Gasteiger charge is -2.14. The van der Waals surface area contributed by atoms with Gasteiger partial charge in [0, 0.05) is 10.7 Å². The van der Waals surface area contributed by atoms with Crippen molar-refractivity contribution in [2.24, 2.45) is 0 Å². The monoisotopic (exact) mass is 309 g/mol. The number of benzene rings is 1. The molecule has 1 unspecified atom stereocenters. The molecule has 1 amide bonds. The molecular weight excluding hydrogens is 286 g/mol. The van der Waals surface area contributed by atoms with Crippen molar-refractivity contribution >= 4 is 23.2 Å². The quantitative estimate of drug-likeness (QED) is 0.688. The Labute approximate surface area is 131 Å². The van der Waals surface area contributed by atoms with Crippen molar-refractivity contribution in [3.8, 4) is 0 Å². The lowest BCUT2D eigenvalue weighted by molar-refractivity contribution is -0.115. The molecule has 1 aliphatic heterocycles. The number of aliphatic hydroxyl groups is 1. The first-order chi connectivity index (χ1) is 10.1. The van der Waals surface area contributed by atoms with E-state index in [0.717, 1.165) is 36.1 Å². The van der Waals surface area contributed by atoms with Gasteiger partial charge in [-0.1, -0.05) is 57.0 Å². The van der Waals surface area contributed by atoms with Gasteiger partial charge in [-0.25, -0.2) is 0 Å². The van der Waals surface area contributed by atoms with Crippen molar-refractivity contribution in [1.29, 1.82) is 0 Å². The van der Waals surface area contributed by atoms with Gasteiger partial charge in [-0.15, -0.1) is 0 Å². The molecule has 3 nitrogen and oxygen atoms in total. The second-order valence-corrected chi connectivity index (χ2v) is 6.24. The number of hydrogen-bond acceptors (Lipinski definition) is 2. The summed E-state index contributed by atoms with van der Waals surface area (Å²) in [5.41, 5.74) is 2.46. The zero-order valence-corrected chi connectivity index (χ0v) is 13.4. The molecule has 21 heavy (non-hydrogen) atoms. The summed E-state index contributed by atoms with van der Waals surface area (Å²) in [6, 6.07) is 3.62. The number of anilines is 1. The fraction of sp³-hybridized carbons (Fsp3) is 0.588. The fourth-order valence-electron chi connectivity index (χ4n) is 2.80. The highest BCUT2D eigenvalue weighted by atomic mass is 35.5. The summed E-state index contributed by atoms with van der Waals surface area (Å²) in [5.74, 6) is -0.0105. The van der Waals surface area contributed by atoms with Crippen LogP contribution in [0.3, 0.4) is 0 Å². The minimum Gasteiger partial charge on any atom is -0.388 e. The summed E-state index contributed by atoms with van der Waals surface area (Å²) in [4.78, 5) is 11.4. The Bertz CT molecular complexity index is 502. The normalized spacial score (nSPS) is 14.9. The van der Waals surface area contributed by atoms with Gasteiger partial charge in [0.25, 0.3) is 0 Å². The number of aliphatic hydroxyl groups excluding tert-OH is 1. The zero-order chi connectivity index (χ0) is 15.2. The smallest absolute Gasteiger partial charge is 0.228 e. The summed E-state index contributed by atoms with van der Waals surface area (Å²) >= 11 is 6.22. The molecule has 0 bridgehead atoms. The largest absolute Gasteiger partial charge is 0.388 e. The van der Waals surface area contributed by atoms with Crippen LogP contribution in [0.4, 0.5) is 5.69 Å². The van der Waals surface area contributed by atoms with E-state index in [1.165, 1.54) is 25.7 Å². The van der Waals surface area contributed by atoms with Gasteiger partial charge in [0.2, 0.25) is 5.91 Å². The van der Waals surface area contributed by atoms with Gasteiger partial charge in [0.05, 0.1) is 12.5 Å². The molecule has 0 saturated carbocycles. The minimum absolute atomic E-state index is 0.0105. The summed E-state index contributed by atoms with van der Waals surface area (Å²) in [6.07, 6.45) is 7.78. The van der Waals surface area contributed by atoms with Crippen LogP contribution in [0.25, 0.3) is 0 Å². The maximum Gasteiger partial charge on any atom is 0.228 e. The summed E-state index contributed by atoms with van der Waals surface area (Å²) in [7, 11) is 0. The van der Waals surface area contributed by atoms with Crippen LogP contribution in [0.15, 0.2) is 12.1 Å². The number of carbonyl (C=O) groups is 1. The van der Waals surface area contributed by atoms with Crippen LogP contribution in [0.2, 0.25) is 5.02 Å². The van der Waals surface area contributed by atoms with Crippen molar-refractivity contribution in [3.05, 3.63) is 28.3 Å². The van der Waals surface area contributed by atoms with Crippen molar-refractivity contribution in [2.75, 3.05) is 5.32 Å². The third-order valence-corrected chi connectivity index (χ3v) is 4.37. The van der Waals surface area contributed by atoms with Crippen molar-refractivity contribution in [1.82, 2.24) is 0 Å². The minimum atomic E-state index is -0.537. The predicted octanol–water partition coefficient (Wildman–Crippen LogP) is 4.62. The Kier molecular flexibility index (Phi) is 6.07. The number of fused-ring (bicyclic) bond motifs is 1. The van der Waals surface area contributed by atoms with Crippen LogP contribution in [0, 0.1) is 0 Å². The van der Waals surface area contributed by atoms with Gasteiger partial charge >= 0.3 is 0 Å². The van der Waals surface area contributed by atoms with E-state index >= 15 is 0 Å². The maximum atomic E-state index is 11.4. The van der Waals surface area contributed by atoms with Crippen LogP contribution in [0.1, 0.15) is 69.1 Å². The van der Waals surface area contributed by atoms with Gasteiger partial charge in [0.1, 0.15) is 0 Å². The standard InChI is InChI=1S/C17H24ClNO2/c1-2-3-4-5-6-7-8-16(20)13-9-12-10-17(21)19-15(12)11-14(13)18/h9,11,16,20H,2-8,10H2,1H3,(H,19,21). The number of carbonyl (C=O) groups excluding carboxylic acids is 1. The topological polar surface area (TPSA) is 49.3 Å². The van der Waals surface area contributed by atoms with Gasteiger partial charge in [-0.3, -0.25) is 4.79 Å². The first-order valence-electron chi connectivity index (χ1n) is 7.92. The van der Waals surface area contributed by atoms with E-state index in [4.69, 9.17) is 11.6 Å². The molecule has 0 saturated heterocycles. The molecule has 116 valence electrons. The molecule has 2 rings (SSSR count). The van der Waals surface area contributed by atoms with Crippen LogP contribution < -0.4 is 5.32 Å². The molecular formula is C17H24ClNO2. The predicted molar refractivity (Wildman–Crippen MR) is 86.7 cm³/mol. The van der Waals surface area contributed by atoms with Gasteiger partial charge in [0.15, 0.2) is 0 Å². The van der Waals surface area contributed by atoms with Crippen LogP contribution >= 0.6 is 11.6 Å². The third-order valence-electron chi connectivity index (χ3n) is 4.04. The Morgan fingerprint density at radius 2 is 1.95 bits per heavy atom. The molecule has 1 aliphatic rings. The first kappa shape index (κ1) is 16.3. The molecule has 0 aromatic heterocycles. The number of nitrogens with one attached hydrogen (secondary N) is 1. The average molecular weight is 310 g/mol. The highest BCUT2D eigenvalue weighted by molar-refractivity contribution is 6.32. The number of hydrogen-bond donors (Lipinski definition) is 2. The van der Waals surface area contributed by atoms with Crippen molar-refractivity contribution in [2.45, 2.75) is 64.4 Å². The molecule has 1 atom stereocenters. The molecule has 0 fully saturated rings. The second-order valence-electron chi connectivity index (χ2n) is 5.83. The van der Waals surface area contributed by atoms with E-state index in [-0.39, 0.29) is 5.91 Å². The number of halogens is 1. The third kappa shape index (κ3) is 4.45. The van der Waals surface area contributed by atoms with Crippen LogP contribution in [-0.2, 0) is 11.2 Å². The van der Waals surface area contributed by atoms with E-state index in [1.54, 1.807) is 6.07 Å². The van der Waals surface area contributed by atoms with E-state index in [2.05, 4.69) is 12.2 Å². The number of unbranched alkanes of at least 4 members (excludes halogenated alkanes) is 5. The fourth-order valence-corrected chi connectivity index (χ4v) is 3.09. The molecule has 4 heteroatoms. The molecule has 0 spiro atoms. The second kappa shape index (κ2) is 7.81. The highest BCUT2D eigenvalue weighted by Gasteiger charge is 2.21. The zero-order valence-electron chi connectivity index (χ0n) is 12.6. The first-order valence-corrected chi connectivity index (χ1v) is 8.30. The number of amides is 1. The SMILES string of the molecule is CCCCCCCCC(O)c1cc2c(cc1Cl)NC(=O)C2. The van der Waals surface area contributed by atoms with Crippen molar-refractivity contribution < 1.29 is 9.90 Å². The molecule has 1 aromatic carbocycles. The Balaban J connectivity index is 1.87. The van der Waals surface area contributed by atoms with E-state index < -0.39 is 6.10 Å². The van der Waals surface area contributed by atoms with Crippen LogP contribution in [-0.4, -0.2) is 11.0 Å². The summed E-state index contributed by atoms with van der Waals surface area (Å²) in [6.45, 7) is 2.21. The van der Waals surface area contributed by atoms with Gasteiger partial charge < -0.3 is 10.4 Å². The van der Waals surface area contributed by atoms with Gasteiger partial charge in [-0.05, 0) is 29.7 Å². The lowest BCUT2D eigenvalue weighted by atomic mass is 9.99. The molecule has 1 heterocycles. The van der Waals surface area contributed by atoms with Gasteiger partial charge in [-0.2, -0.15) is 0 Å². The molecule has 0 aliphatic carbocycles. The molecule has 2 N–H and O–H groups in total. The van der Waals surface area contributed by atoms with E-state index in [0.29, 0.717) is 11.4 Å². The Morgan fingerprint density at radius 1 is 1.24 bits per heavy atom.